The maximum atomic E-state index is 13.1. The molecule has 1 heterocycles. The van der Waals surface area contributed by atoms with Crippen molar-refractivity contribution < 1.29 is 4.39 Å². The lowest BCUT2D eigenvalue weighted by atomic mass is 10.2. The monoisotopic (exact) mass is 222 g/mol. The molecule has 1 N–H and O–H groups in total. The topological polar surface area (TPSA) is 15.3 Å². The maximum Gasteiger partial charge on any atom is 0.125 e. The maximum absolute atomic E-state index is 13.1. The summed E-state index contributed by atoms with van der Waals surface area (Å²) < 4.78 is 13.1. The van der Waals surface area contributed by atoms with Crippen LogP contribution < -0.4 is 10.2 Å². The number of hydrogen-bond acceptors (Lipinski definition) is 2. The molecule has 2 nitrogen and oxygen atoms in total. The van der Waals surface area contributed by atoms with Crippen LogP contribution in [0.25, 0.3) is 0 Å². The quantitative estimate of drug-likeness (QED) is 0.841. The Kier molecular flexibility index (Phi) is 3.78. The molecule has 1 atom stereocenters. The van der Waals surface area contributed by atoms with Gasteiger partial charge in [-0.15, -0.1) is 0 Å². The molecule has 1 fully saturated rings. The molecule has 16 heavy (non-hydrogen) atoms. The highest BCUT2D eigenvalue weighted by Crippen LogP contribution is 2.17. The van der Waals surface area contributed by atoms with Crippen LogP contribution in [0.3, 0.4) is 0 Å². The van der Waals surface area contributed by atoms with E-state index < -0.39 is 0 Å². The smallest absolute Gasteiger partial charge is 0.125 e. The van der Waals surface area contributed by atoms with Crippen molar-refractivity contribution in [1.82, 2.24) is 5.32 Å². The molecule has 1 aromatic rings. The zero-order valence-electron chi connectivity index (χ0n) is 9.75. The third kappa shape index (κ3) is 2.73. The van der Waals surface area contributed by atoms with Gasteiger partial charge in [-0.05, 0) is 44.5 Å². The molecule has 0 radical (unpaired) electrons. The normalized spacial score (nSPS) is 20.0. The van der Waals surface area contributed by atoms with Gasteiger partial charge in [0.25, 0.3) is 0 Å². The molecule has 0 saturated carbocycles. The zero-order chi connectivity index (χ0) is 11.4. The van der Waals surface area contributed by atoms with E-state index in [4.69, 9.17) is 0 Å². The fraction of sp³-hybridized carbons (Fsp3) is 0.538. The van der Waals surface area contributed by atoms with Crippen molar-refractivity contribution in [3.8, 4) is 0 Å². The molecule has 1 aliphatic heterocycles. The van der Waals surface area contributed by atoms with Crippen LogP contribution in [0.15, 0.2) is 24.3 Å². The predicted octanol–water partition coefficient (Wildman–Crippen LogP) is 2.40. The fourth-order valence-corrected chi connectivity index (χ4v) is 2.27. The second-order valence-electron chi connectivity index (χ2n) is 4.31. The van der Waals surface area contributed by atoms with Crippen molar-refractivity contribution in [2.24, 2.45) is 0 Å². The molecule has 0 aromatic heterocycles. The zero-order valence-corrected chi connectivity index (χ0v) is 9.75. The first-order chi connectivity index (χ1) is 7.79. The van der Waals surface area contributed by atoms with Crippen molar-refractivity contribution in [2.75, 3.05) is 24.5 Å². The van der Waals surface area contributed by atoms with Crippen LogP contribution in [-0.4, -0.2) is 25.7 Å². The first kappa shape index (κ1) is 11.4. The first-order valence-corrected chi connectivity index (χ1v) is 6.03. The van der Waals surface area contributed by atoms with E-state index in [-0.39, 0.29) is 5.82 Å². The average molecular weight is 222 g/mol. The van der Waals surface area contributed by atoms with E-state index in [1.165, 1.54) is 18.9 Å². The molecule has 0 unspecified atom stereocenters. The fourth-order valence-electron chi connectivity index (χ4n) is 2.27. The molecule has 0 amide bonds. The van der Waals surface area contributed by atoms with Gasteiger partial charge < -0.3 is 10.2 Å². The second kappa shape index (κ2) is 5.30. The Morgan fingerprint density at radius 2 is 2.38 bits per heavy atom. The van der Waals surface area contributed by atoms with Gasteiger partial charge in [-0.3, -0.25) is 0 Å². The van der Waals surface area contributed by atoms with E-state index in [1.807, 2.05) is 6.07 Å². The minimum absolute atomic E-state index is 0.157. The van der Waals surface area contributed by atoms with Gasteiger partial charge in [-0.1, -0.05) is 6.07 Å². The van der Waals surface area contributed by atoms with Crippen molar-refractivity contribution in [2.45, 2.75) is 25.8 Å². The van der Waals surface area contributed by atoms with Crippen LogP contribution in [0.2, 0.25) is 0 Å². The first-order valence-electron chi connectivity index (χ1n) is 6.03. The van der Waals surface area contributed by atoms with Gasteiger partial charge >= 0.3 is 0 Å². The van der Waals surface area contributed by atoms with Crippen LogP contribution in [-0.2, 0) is 0 Å². The number of anilines is 1. The number of benzene rings is 1. The van der Waals surface area contributed by atoms with Crippen molar-refractivity contribution in [3.05, 3.63) is 30.1 Å². The third-order valence-corrected chi connectivity index (χ3v) is 3.16. The van der Waals surface area contributed by atoms with Crippen molar-refractivity contribution >= 4 is 5.69 Å². The largest absolute Gasteiger partial charge is 0.370 e. The minimum Gasteiger partial charge on any atom is -0.370 e. The van der Waals surface area contributed by atoms with Gasteiger partial charge in [-0.2, -0.15) is 0 Å². The minimum atomic E-state index is -0.157. The summed E-state index contributed by atoms with van der Waals surface area (Å²) in [6.45, 7) is 5.12. The van der Waals surface area contributed by atoms with Crippen LogP contribution in [0, 0.1) is 5.82 Å². The molecule has 1 aliphatic rings. The highest BCUT2D eigenvalue weighted by Gasteiger charge is 2.17. The standard InChI is InChI=1S/C13H19FN2/c1-2-16(10-12-6-4-8-15-12)13-7-3-5-11(14)9-13/h3,5,7,9,12,15H,2,4,6,8,10H2,1H3/t12-/m1/s1. The van der Waals surface area contributed by atoms with Gasteiger partial charge in [0.2, 0.25) is 0 Å². The third-order valence-electron chi connectivity index (χ3n) is 3.16. The molecule has 1 aromatic carbocycles. The summed E-state index contributed by atoms with van der Waals surface area (Å²) in [5.74, 6) is -0.157. The Bertz CT molecular complexity index is 334. The van der Waals surface area contributed by atoms with Crippen molar-refractivity contribution in [3.63, 3.8) is 0 Å². The number of nitrogens with one attached hydrogen (secondary N) is 1. The molecule has 3 heteroatoms. The van der Waals surface area contributed by atoms with Crippen LogP contribution >= 0.6 is 0 Å². The number of rotatable bonds is 4. The Balaban J connectivity index is 2.03. The van der Waals surface area contributed by atoms with Gasteiger partial charge in [0.1, 0.15) is 5.82 Å². The highest BCUT2D eigenvalue weighted by atomic mass is 19.1. The number of likely N-dealkylation sites (N-methyl/N-ethyl adjacent to an activating group) is 1. The summed E-state index contributed by atoms with van der Waals surface area (Å²) in [5.41, 5.74) is 0.983. The average Bonchev–Trinajstić information content (AvgIpc) is 2.78. The van der Waals surface area contributed by atoms with Gasteiger partial charge in [0, 0.05) is 24.8 Å². The molecule has 1 saturated heterocycles. The van der Waals surface area contributed by atoms with Crippen LogP contribution in [0.1, 0.15) is 19.8 Å². The molecule has 0 bridgehead atoms. The lowest BCUT2D eigenvalue weighted by molar-refractivity contribution is 0.583. The summed E-state index contributed by atoms with van der Waals surface area (Å²) in [5, 5.41) is 3.47. The predicted molar refractivity (Wildman–Crippen MR) is 65.3 cm³/mol. The number of hydrogen-bond donors (Lipinski definition) is 1. The van der Waals surface area contributed by atoms with Crippen molar-refractivity contribution in [1.29, 1.82) is 0 Å². The molecular formula is C13H19FN2. The van der Waals surface area contributed by atoms with E-state index in [9.17, 15) is 4.39 Å². The Hall–Kier alpha value is -1.09. The summed E-state index contributed by atoms with van der Waals surface area (Å²) >= 11 is 0. The second-order valence-corrected chi connectivity index (χ2v) is 4.31. The molecule has 88 valence electrons. The van der Waals surface area contributed by atoms with E-state index in [1.54, 1.807) is 12.1 Å². The summed E-state index contributed by atoms with van der Waals surface area (Å²) in [6.07, 6.45) is 2.48. The SMILES string of the molecule is CCN(C[C@H]1CCCN1)c1cccc(F)c1. The Morgan fingerprint density at radius 1 is 1.50 bits per heavy atom. The van der Waals surface area contributed by atoms with E-state index >= 15 is 0 Å². The van der Waals surface area contributed by atoms with Crippen LogP contribution in [0.4, 0.5) is 10.1 Å². The van der Waals surface area contributed by atoms with E-state index in [2.05, 4.69) is 17.1 Å². The lowest BCUT2D eigenvalue weighted by Crippen LogP contribution is -2.37. The van der Waals surface area contributed by atoms with Gasteiger partial charge in [0.05, 0.1) is 0 Å². The summed E-state index contributed by atoms with van der Waals surface area (Å²) in [6, 6.07) is 7.41. The summed E-state index contributed by atoms with van der Waals surface area (Å²) in [4.78, 5) is 2.23. The molecular weight excluding hydrogens is 203 g/mol. The number of halogens is 1. The molecule has 2 rings (SSSR count). The number of nitrogens with zero attached hydrogens (tertiary/aromatic N) is 1. The molecule has 0 spiro atoms. The molecule has 0 aliphatic carbocycles. The lowest BCUT2D eigenvalue weighted by Gasteiger charge is -2.26. The van der Waals surface area contributed by atoms with Gasteiger partial charge in [-0.25, -0.2) is 4.39 Å². The van der Waals surface area contributed by atoms with E-state index in [0.717, 1.165) is 25.3 Å². The highest BCUT2D eigenvalue weighted by molar-refractivity contribution is 5.46. The Labute approximate surface area is 96.5 Å². The van der Waals surface area contributed by atoms with Crippen LogP contribution in [0.5, 0.6) is 0 Å². The van der Waals surface area contributed by atoms with E-state index in [0.29, 0.717) is 6.04 Å². The summed E-state index contributed by atoms with van der Waals surface area (Å²) in [7, 11) is 0. The Morgan fingerprint density at radius 3 is 3.00 bits per heavy atom. The van der Waals surface area contributed by atoms with Gasteiger partial charge in [0.15, 0.2) is 0 Å².